The van der Waals surface area contributed by atoms with E-state index in [0.717, 1.165) is 16.7 Å². The number of sulfone groups is 1. The van der Waals surface area contributed by atoms with Crippen LogP contribution in [0, 0.1) is 6.92 Å². The van der Waals surface area contributed by atoms with Crippen LogP contribution in [-0.4, -0.2) is 33.8 Å². The Bertz CT molecular complexity index is 1430. The first-order valence-electron chi connectivity index (χ1n) is 10.9. The Hall–Kier alpha value is -3.43. The standard InChI is InChI=1S/C25H27N5O3S.3H2/c1-15(2)34(31,32)20-12-8-17(9-13-20)21-14-27-16(3)22(28-21)24-30-29-23(33-24)18-6-10-19(11-7-18)25(4,5)26;;;/h6-15H,26H2,1-5H3;3*1H. The molecular weight excluding hydrogens is 450 g/mol. The maximum atomic E-state index is 12.4. The predicted octanol–water partition coefficient (Wildman–Crippen LogP) is 5.28. The molecule has 0 fully saturated rings. The molecule has 4 rings (SSSR count). The summed E-state index contributed by atoms with van der Waals surface area (Å²) < 4.78 is 30.7. The minimum Gasteiger partial charge on any atom is -0.415 e. The van der Waals surface area contributed by atoms with Crippen LogP contribution < -0.4 is 5.73 Å². The molecule has 4 aromatic rings. The van der Waals surface area contributed by atoms with Gasteiger partial charge in [-0.25, -0.2) is 13.4 Å². The van der Waals surface area contributed by atoms with E-state index in [9.17, 15) is 8.42 Å². The van der Waals surface area contributed by atoms with E-state index in [-0.39, 0.29) is 15.1 Å². The molecule has 0 radical (unpaired) electrons. The number of hydrogen-bond acceptors (Lipinski definition) is 8. The Balaban J connectivity index is 0.00000228. The van der Waals surface area contributed by atoms with Gasteiger partial charge in [-0.3, -0.25) is 4.98 Å². The minimum absolute atomic E-state index is 0. The van der Waals surface area contributed by atoms with Crippen LogP contribution in [-0.2, 0) is 15.4 Å². The van der Waals surface area contributed by atoms with Crippen LogP contribution in [0.4, 0.5) is 0 Å². The van der Waals surface area contributed by atoms with Crippen LogP contribution in [0.15, 0.2) is 64.0 Å². The van der Waals surface area contributed by atoms with Gasteiger partial charge in [0.1, 0.15) is 5.69 Å². The van der Waals surface area contributed by atoms with Gasteiger partial charge in [0.15, 0.2) is 9.84 Å². The molecule has 0 aliphatic carbocycles. The molecule has 0 saturated heterocycles. The number of nitrogens with two attached hydrogens (primary N) is 1. The SMILES string of the molecule is Cc1ncc(-c2ccc(S(=O)(=O)C(C)C)cc2)nc1-c1nnc(-c2ccc(C(C)(C)N)cc2)o1.[HH].[HH].[HH]. The molecule has 0 aliphatic rings. The summed E-state index contributed by atoms with van der Waals surface area (Å²) >= 11 is 0. The first-order valence-corrected chi connectivity index (χ1v) is 12.4. The summed E-state index contributed by atoms with van der Waals surface area (Å²) in [5.41, 5.74) is 9.89. The van der Waals surface area contributed by atoms with Gasteiger partial charge in [-0.2, -0.15) is 0 Å². The summed E-state index contributed by atoms with van der Waals surface area (Å²) in [7, 11) is -3.34. The Labute approximate surface area is 203 Å². The van der Waals surface area contributed by atoms with Crippen molar-refractivity contribution < 1.29 is 17.1 Å². The molecule has 182 valence electrons. The second-order valence-electron chi connectivity index (χ2n) is 9.02. The molecule has 0 atom stereocenters. The second-order valence-corrected chi connectivity index (χ2v) is 11.5. The first kappa shape index (κ1) is 23.7. The van der Waals surface area contributed by atoms with Crippen LogP contribution >= 0.6 is 0 Å². The monoisotopic (exact) mass is 483 g/mol. The third-order valence-electron chi connectivity index (χ3n) is 5.56. The zero-order valence-corrected chi connectivity index (χ0v) is 20.6. The predicted molar refractivity (Wildman–Crippen MR) is 137 cm³/mol. The second kappa shape index (κ2) is 8.73. The normalized spacial score (nSPS) is 12.3. The van der Waals surface area contributed by atoms with E-state index in [1.807, 2.05) is 45.0 Å². The Morgan fingerprint density at radius 3 is 2.12 bits per heavy atom. The maximum absolute atomic E-state index is 12.4. The van der Waals surface area contributed by atoms with E-state index in [1.165, 1.54) is 0 Å². The van der Waals surface area contributed by atoms with Gasteiger partial charge in [0, 0.05) is 20.9 Å². The molecule has 34 heavy (non-hydrogen) atoms. The zero-order chi connectivity index (χ0) is 24.7. The van der Waals surface area contributed by atoms with Crippen molar-refractivity contribution in [2.75, 3.05) is 0 Å². The van der Waals surface area contributed by atoms with Crippen LogP contribution in [0.5, 0.6) is 0 Å². The fourth-order valence-corrected chi connectivity index (χ4v) is 4.42. The van der Waals surface area contributed by atoms with Crippen molar-refractivity contribution >= 4 is 9.84 Å². The fraction of sp³-hybridized carbons (Fsp3) is 0.280. The van der Waals surface area contributed by atoms with Gasteiger partial charge in [-0.05, 0) is 64.4 Å². The van der Waals surface area contributed by atoms with Crippen LogP contribution in [0.3, 0.4) is 0 Å². The lowest BCUT2D eigenvalue weighted by Gasteiger charge is -2.18. The van der Waals surface area contributed by atoms with Gasteiger partial charge in [0.2, 0.25) is 5.89 Å². The van der Waals surface area contributed by atoms with Gasteiger partial charge in [-0.1, -0.05) is 24.3 Å². The van der Waals surface area contributed by atoms with E-state index in [1.54, 1.807) is 44.3 Å². The lowest BCUT2D eigenvalue weighted by molar-refractivity contribution is 0.554. The molecule has 2 aromatic heterocycles. The lowest BCUT2D eigenvalue weighted by atomic mass is 9.95. The van der Waals surface area contributed by atoms with E-state index in [0.29, 0.717) is 23.0 Å². The molecule has 2 aromatic carbocycles. The van der Waals surface area contributed by atoms with E-state index < -0.39 is 20.6 Å². The van der Waals surface area contributed by atoms with Crippen molar-refractivity contribution in [2.24, 2.45) is 5.73 Å². The highest BCUT2D eigenvalue weighted by Crippen LogP contribution is 2.28. The molecule has 8 nitrogen and oxygen atoms in total. The minimum atomic E-state index is -3.34. The number of aryl methyl sites for hydroxylation is 1. The summed E-state index contributed by atoms with van der Waals surface area (Å²) in [6.07, 6.45) is 1.63. The maximum Gasteiger partial charge on any atom is 0.268 e. The number of nitrogens with zero attached hydrogens (tertiary/aromatic N) is 4. The lowest BCUT2D eigenvalue weighted by Crippen LogP contribution is -2.28. The van der Waals surface area contributed by atoms with Crippen molar-refractivity contribution in [1.82, 2.24) is 20.2 Å². The third-order valence-corrected chi connectivity index (χ3v) is 7.73. The van der Waals surface area contributed by atoms with Crippen molar-refractivity contribution in [3.8, 4) is 34.3 Å². The van der Waals surface area contributed by atoms with E-state index in [2.05, 4.69) is 20.2 Å². The van der Waals surface area contributed by atoms with Gasteiger partial charge < -0.3 is 10.2 Å². The van der Waals surface area contributed by atoms with Crippen molar-refractivity contribution in [1.29, 1.82) is 0 Å². The zero-order valence-electron chi connectivity index (χ0n) is 19.8. The highest BCUT2D eigenvalue weighted by molar-refractivity contribution is 7.92. The van der Waals surface area contributed by atoms with Gasteiger partial charge in [-0.15, -0.1) is 10.2 Å². The Morgan fingerprint density at radius 1 is 0.941 bits per heavy atom. The van der Waals surface area contributed by atoms with Crippen molar-refractivity contribution in [2.45, 2.75) is 50.3 Å². The first-order chi connectivity index (χ1) is 16.0. The molecule has 0 unspecified atom stereocenters. The number of rotatable bonds is 6. The summed E-state index contributed by atoms with van der Waals surface area (Å²) in [6.45, 7) is 9.02. The van der Waals surface area contributed by atoms with Crippen molar-refractivity contribution in [3.63, 3.8) is 0 Å². The highest BCUT2D eigenvalue weighted by atomic mass is 32.2. The molecule has 9 heteroatoms. The Kier molecular flexibility index (Phi) is 6.09. The average molecular weight is 484 g/mol. The van der Waals surface area contributed by atoms with Gasteiger partial charge in [0.05, 0.1) is 27.7 Å². The number of hydrogen-bond donors (Lipinski definition) is 1. The summed E-state index contributed by atoms with van der Waals surface area (Å²) in [5.74, 6) is 0.621. The summed E-state index contributed by atoms with van der Waals surface area (Å²) in [5, 5.41) is 7.85. The molecule has 0 amide bonds. The average Bonchev–Trinajstić information content (AvgIpc) is 3.29. The molecular formula is C25H33N5O3S. The van der Waals surface area contributed by atoms with Crippen LogP contribution in [0.2, 0.25) is 0 Å². The molecule has 2 N–H and O–H groups in total. The molecule has 0 saturated carbocycles. The topological polar surface area (TPSA) is 125 Å². The third kappa shape index (κ3) is 4.62. The summed E-state index contributed by atoms with van der Waals surface area (Å²) in [4.78, 5) is 9.37. The van der Waals surface area contributed by atoms with Crippen molar-refractivity contribution in [3.05, 3.63) is 66.0 Å². The number of benzene rings is 2. The molecule has 0 aliphatic heterocycles. The van der Waals surface area contributed by atoms with E-state index >= 15 is 0 Å². The van der Waals surface area contributed by atoms with E-state index in [4.69, 9.17) is 10.2 Å². The van der Waals surface area contributed by atoms with Gasteiger partial charge in [0.25, 0.3) is 5.89 Å². The smallest absolute Gasteiger partial charge is 0.268 e. The highest BCUT2D eigenvalue weighted by Gasteiger charge is 2.20. The van der Waals surface area contributed by atoms with Gasteiger partial charge >= 0.3 is 0 Å². The fourth-order valence-electron chi connectivity index (χ4n) is 3.36. The van der Waals surface area contributed by atoms with Crippen LogP contribution in [0.1, 0.15) is 43.2 Å². The largest absolute Gasteiger partial charge is 0.415 e. The molecule has 0 bridgehead atoms. The molecule has 2 heterocycles. The Morgan fingerprint density at radius 2 is 1.53 bits per heavy atom. The number of aromatic nitrogens is 4. The summed E-state index contributed by atoms with van der Waals surface area (Å²) in [6, 6.07) is 14.3. The quantitative estimate of drug-likeness (QED) is 0.392. The van der Waals surface area contributed by atoms with Crippen LogP contribution in [0.25, 0.3) is 34.3 Å². The molecule has 0 spiro atoms.